The van der Waals surface area contributed by atoms with Gasteiger partial charge in [-0.2, -0.15) is 0 Å². The van der Waals surface area contributed by atoms with E-state index >= 15 is 0 Å². The van der Waals surface area contributed by atoms with Crippen molar-refractivity contribution >= 4 is 28.5 Å². The zero-order chi connectivity index (χ0) is 17.1. The van der Waals surface area contributed by atoms with Crippen LogP contribution in [-0.2, 0) is 0 Å². The van der Waals surface area contributed by atoms with Gasteiger partial charge in [0.05, 0.1) is 5.56 Å². The summed E-state index contributed by atoms with van der Waals surface area (Å²) in [5.41, 5.74) is 2.09. The van der Waals surface area contributed by atoms with Gasteiger partial charge in [-0.3, -0.25) is 4.79 Å². The number of nitrogens with one attached hydrogen (secondary N) is 1. The van der Waals surface area contributed by atoms with Gasteiger partial charge in [0, 0.05) is 11.9 Å². The fraction of sp³-hybridized carbons (Fsp3) is 0.250. The van der Waals surface area contributed by atoms with Crippen molar-refractivity contribution in [2.24, 2.45) is 5.92 Å². The number of carbonyl (C=O) groups excluding carboxylic acids is 1. The molecule has 3 nitrogen and oxygen atoms in total. The maximum atomic E-state index is 12.8. The zero-order valence-electron chi connectivity index (χ0n) is 13.8. The Kier molecular flexibility index (Phi) is 4.91. The van der Waals surface area contributed by atoms with Gasteiger partial charge in [-0.15, -0.1) is 11.6 Å². The van der Waals surface area contributed by atoms with Crippen molar-refractivity contribution < 1.29 is 9.21 Å². The van der Waals surface area contributed by atoms with E-state index in [4.69, 9.17) is 16.0 Å². The molecule has 0 fully saturated rings. The summed E-state index contributed by atoms with van der Waals surface area (Å²) in [5.74, 6) is 0.715. The number of carbonyl (C=O) groups is 1. The normalized spacial score (nSPS) is 12.5. The van der Waals surface area contributed by atoms with E-state index in [0.717, 1.165) is 10.9 Å². The van der Waals surface area contributed by atoms with Gasteiger partial charge in [0.1, 0.15) is 16.7 Å². The minimum atomic E-state index is -0.515. The first-order valence-electron chi connectivity index (χ1n) is 8.06. The molecule has 0 aliphatic rings. The number of benzene rings is 2. The van der Waals surface area contributed by atoms with Crippen LogP contribution in [-0.4, -0.2) is 12.5 Å². The predicted octanol–water partition coefficient (Wildman–Crippen LogP) is 5.15. The van der Waals surface area contributed by atoms with E-state index in [0.29, 0.717) is 29.4 Å². The third-order valence-corrected chi connectivity index (χ3v) is 4.29. The summed E-state index contributed by atoms with van der Waals surface area (Å²) in [7, 11) is 0. The lowest BCUT2D eigenvalue weighted by Gasteiger charge is -2.11. The molecule has 0 aliphatic carbocycles. The summed E-state index contributed by atoms with van der Waals surface area (Å²) in [6.07, 6.45) is 0. The Morgan fingerprint density at radius 1 is 1.08 bits per heavy atom. The second-order valence-corrected chi connectivity index (χ2v) is 6.65. The fourth-order valence-corrected chi connectivity index (χ4v) is 2.93. The average molecular weight is 342 g/mol. The molecule has 0 aliphatic heterocycles. The molecule has 0 bridgehead atoms. The van der Waals surface area contributed by atoms with Gasteiger partial charge >= 0.3 is 0 Å². The lowest BCUT2D eigenvalue weighted by molar-refractivity contribution is 0.0948. The Hall–Kier alpha value is -2.26. The Balaban J connectivity index is 2.06. The molecule has 1 unspecified atom stereocenters. The van der Waals surface area contributed by atoms with Crippen LogP contribution in [0.25, 0.3) is 11.0 Å². The first kappa shape index (κ1) is 16.6. The van der Waals surface area contributed by atoms with Crippen LogP contribution in [0, 0.1) is 5.92 Å². The second-order valence-electron chi connectivity index (χ2n) is 6.21. The van der Waals surface area contributed by atoms with Crippen LogP contribution >= 0.6 is 11.6 Å². The van der Waals surface area contributed by atoms with E-state index < -0.39 is 5.38 Å². The van der Waals surface area contributed by atoms with Crippen molar-refractivity contribution in [1.29, 1.82) is 0 Å². The summed E-state index contributed by atoms with van der Waals surface area (Å²) in [4.78, 5) is 12.8. The Labute approximate surface area is 146 Å². The summed E-state index contributed by atoms with van der Waals surface area (Å²) < 4.78 is 5.95. The lowest BCUT2D eigenvalue weighted by Crippen LogP contribution is -2.28. The van der Waals surface area contributed by atoms with Crippen molar-refractivity contribution in [3.8, 4) is 0 Å². The lowest BCUT2D eigenvalue weighted by atomic mass is 10.0. The number of para-hydroxylation sites is 1. The summed E-state index contributed by atoms with van der Waals surface area (Å²) in [6.45, 7) is 4.72. The second kappa shape index (κ2) is 7.10. The van der Waals surface area contributed by atoms with Crippen LogP contribution < -0.4 is 5.32 Å². The topological polar surface area (TPSA) is 42.2 Å². The minimum absolute atomic E-state index is 0.148. The third kappa shape index (κ3) is 3.31. The van der Waals surface area contributed by atoms with Crippen molar-refractivity contribution in [2.75, 3.05) is 6.54 Å². The quantitative estimate of drug-likeness (QED) is 0.652. The molecule has 2 aromatic carbocycles. The number of furan rings is 1. The fourth-order valence-electron chi connectivity index (χ4n) is 2.64. The van der Waals surface area contributed by atoms with Gasteiger partial charge in [0.15, 0.2) is 0 Å². The molecule has 24 heavy (non-hydrogen) atoms. The van der Waals surface area contributed by atoms with Crippen molar-refractivity contribution in [1.82, 2.24) is 5.32 Å². The molecule has 3 rings (SSSR count). The highest BCUT2D eigenvalue weighted by Crippen LogP contribution is 2.36. The van der Waals surface area contributed by atoms with Gasteiger partial charge in [-0.05, 0) is 17.5 Å². The molecule has 1 aromatic heterocycles. The van der Waals surface area contributed by atoms with Crippen LogP contribution in [0.5, 0.6) is 0 Å². The van der Waals surface area contributed by atoms with Gasteiger partial charge < -0.3 is 9.73 Å². The first-order valence-corrected chi connectivity index (χ1v) is 8.50. The average Bonchev–Trinajstić information content (AvgIpc) is 2.99. The summed E-state index contributed by atoms with van der Waals surface area (Å²) in [6, 6.07) is 17.2. The zero-order valence-corrected chi connectivity index (χ0v) is 14.5. The maximum Gasteiger partial charge on any atom is 0.255 e. The first-order chi connectivity index (χ1) is 11.6. The Morgan fingerprint density at radius 3 is 2.46 bits per heavy atom. The van der Waals surface area contributed by atoms with Crippen molar-refractivity contribution in [2.45, 2.75) is 19.2 Å². The highest BCUT2D eigenvalue weighted by Gasteiger charge is 2.26. The molecule has 1 N–H and O–H groups in total. The summed E-state index contributed by atoms with van der Waals surface area (Å²) >= 11 is 6.64. The molecular formula is C20H20ClNO2. The van der Waals surface area contributed by atoms with Crippen LogP contribution in [0.3, 0.4) is 0 Å². The Bertz CT molecular complexity index is 839. The van der Waals surface area contributed by atoms with Gasteiger partial charge in [0.25, 0.3) is 5.91 Å². The predicted molar refractivity (Wildman–Crippen MR) is 97.5 cm³/mol. The molecule has 1 atom stereocenters. The molecule has 3 aromatic rings. The molecule has 4 heteroatoms. The molecule has 0 saturated heterocycles. The number of amides is 1. The van der Waals surface area contributed by atoms with E-state index in [1.807, 2.05) is 54.6 Å². The minimum Gasteiger partial charge on any atom is -0.458 e. The van der Waals surface area contributed by atoms with Gasteiger partial charge in [-0.25, -0.2) is 0 Å². The van der Waals surface area contributed by atoms with E-state index in [9.17, 15) is 4.79 Å². The molecule has 1 heterocycles. The molecule has 124 valence electrons. The summed E-state index contributed by atoms with van der Waals surface area (Å²) in [5, 5.41) is 3.24. The SMILES string of the molecule is CC(C)CNC(=O)c1c(C(Cl)c2ccccc2)oc2ccccc12. The molecular weight excluding hydrogens is 322 g/mol. The van der Waals surface area contributed by atoms with Gasteiger partial charge in [-0.1, -0.05) is 62.4 Å². The van der Waals surface area contributed by atoms with E-state index in [1.165, 1.54) is 0 Å². The van der Waals surface area contributed by atoms with Crippen LogP contribution in [0.1, 0.15) is 40.9 Å². The number of rotatable bonds is 5. The monoisotopic (exact) mass is 341 g/mol. The van der Waals surface area contributed by atoms with E-state index in [-0.39, 0.29) is 5.91 Å². The van der Waals surface area contributed by atoms with Crippen molar-refractivity contribution in [3.63, 3.8) is 0 Å². The smallest absolute Gasteiger partial charge is 0.255 e. The number of alkyl halides is 1. The third-order valence-electron chi connectivity index (χ3n) is 3.84. The highest BCUT2D eigenvalue weighted by atomic mass is 35.5. The van der Waals surface area contributed by atoms with Crippen molar-refractivity contribution in [3.05, 3.63) is 71.5 Å². The maximum absolute atomic E-state index is 12.8. The highest BCUT2D eigenvalue weighted by molar-refractivity contribution is 6.23. The Morgan fingerprint density at radius 2 is 1.75 bits per heavy atom. The molecule has 1 amide bonds. The molecule has 0 radical (unpaired) electrons. The largest absolute Gasteiger partial charge is 0.458 e. The van der Waals surface area contributed by atoms with Crippen LogP contribution in [0.2, 0.25) is 0 Å². The van der Waals surface area contributed by atoms with Crippen LogP contribution in [0.4, 0.5) is 0 Å². The number of hydrogen-bond acceptors (Lipinski definition) is 2. The molecule has 0 saturated carbocycles. The van der Waals surface area contributed by atoms with E-state index in [2.05, 4.69) is 19.2 Å². The van der Waals surface area contributed by atoms with Gasteiger partial charge in [0.2, 0.25) is 0 Å². The number of hydrogen-bond donors (Lipinski definition) is 1. The van der Waals surface area contributed by atoms with Crippen LogP contribution in [0.15, 0.2) is 59.0 Å². The number of halogens is 1. The number of fused-ring (bicyclic) bond motifs is 1. The van der Waals surface area contributed by atoms with E-state index in [1.54, 1.807) is 0 Å². The standard InChI is InChI=1S/C20H20ClNO2/c1-13(2)12-22-20(23)17-15-10-6-7-11-16(15)24-19(17)18(21)14-8-4-3-5-9-14/h3-11,13,18H,12H2,1-2H3,(H,22,23). The molecule has 0 spiro atoms.